The molecular weight excluding hydrogens is 416 g/mol. The van der Waals surface area contributed by atoms with E-state index in [0.29, 0.717) is 17.7 Å². The largest absolute Gasteiger partial charge is 0.348 e. The lowest BCUT2D eigenvalue weighted by atomic mass is 10.0. The molecule has 7 heteroatoms. The Kier molecular flexibility index (Phi) is 6.40. The molecule has 0 atom stereocenters. The van der Waals surface area contributed by atoms with Crippen molar-refractivity contribution >= 4 is 23.2 Å². The summed E-state index contributed by atoms with van der Waals surface area (Å²) in [6.07, 6.45) is 5.29. The van der Waals surface area contributed by atoms with Gasteiger partial charge < -0.3 is 9.88 Å². The van der Waals surface area contributed by atoms with Gasteiger partial charge in [0.2, 0.25) is 0 Å². The van der Waals surface area contributed by atoms with Crippen LogP contribution in [0.1, 0.15) is 22.5 Å². The predicted molar refractivity (Wildman–Crippen MR) is 128 cm³/mol. The van der Waals surface area contributed by atoms with Crippen molar-refractivity contribution in [3.05, 3.63) is 124 Å². The zero-order valence-electron chi connectivity index (χ0n) is 18.0. The zero-order valence-corrected chi connectivity index (χ0v) is 18.0. The van der Waals surface area contributed by atoms with Crippen LogP contribution in [0.5, 0.6) is 0 Å². The van der Waals surface area contributed by atoms with Crippen molar-refractivity contribution in [2.75, 3.05) is 0 Å². The third-order valence-electron chi connectivity index (χ3n) is 5.24. The summed E-state index contributed by atoms with van der Waals surface area (Å²) in [4.78, 5) is 28.3. The fourth-order valence-electron chi connectivity index (χ4n) is 3.59. The number of nitrogens with zero attached hydrogens (tertiary/aromatic N) is 3. The van der Waals surface area contributed by atoms with Gasteiger partial charge in [0.15, 0.2) is 0 Å². The summed E-state index contributed by atoms with van der Waals surface area (Å²) < 4.78 is 1.97. The molecule has 0 fully saturated rings. The standard InChI is InChI=1S/C26H22N4O3/c1-19-27-14-15-29(19)25-13-6-5-11-22(25)18-28-26(31)24(21-9-3-2-4-10-21)17-20-8-7-12-23(16-20)30(32)33/h2-17H,18H2,1H3,(H,28,31)/b24-17+. The van der Waals surface area contributed by atoms with Crippen LogP contribution in [-0.4, -0.2) is 20.4 Å². The highest BCUT2D eigenvalue weighted by Crippen LogP contribution is 2.22. The number of imidazole rings is 1. The number of hydrogen-bond acceptors (Lipinski definition) is 4. The minimum absolute atomic E-state index is 0.0267. The van der Waals surface area contributed by atoms with Gasteiger partial charge in [0.05, 0.1) is 10.6 Å². The van der Waals surface area contributed by atoms with Crippen molar-refractivity contribution in [3.63, 3.8) is 0 Å². The number of aromatic nitrogens is 2. The van der Waals surface area contributed by atoms with Crippen LogP contribution < -0.4 is 5.32 Å². The van der Waals surface area contributed by atoms with Crippen LogP contribution in [-0.2, 0) is 11.3 Å². The Labute approximate surface area is 191 Å². The van der Waals surface area contributed by atoms with Crippen LogP contribution in [0.25, 0.3) is 17.3 Å². The van der Waals surface area contributed by atoms with Crippen LogP contribution in [0, 0.1) is 17.0 Å². The molecule has 0 spiro atoms. The second kappa shape index (κ2) is 9.74. The average Bonchev–Trinajstić information content (AvgIpc) is 3.27. The molecule has 1 heterocycles. The van der Waals surface area contributed by atoms with Crippen molar-refractivity contribution in [3.8, 4) is 5.69 Å². The molecule has 0 saturated carbocycles. The Morgan fingerprint density at radius 2 is 1.82 bits per heavy atom. The van der Waals surface area contributed by atoms with E-state index in [2.05, 4.69) is 10.3 Å². The van der Waals surface area contributed by atoms with Crippen LogP contribution >= 0.6 is 0 Å². The molecule has 1 amide bonds. The molecule has 3 aromatic carbocycles. The number of nitro benzene ring substituents is 1. The summed E-state index contributed by atoms with van der Waals surface area (Å²) in [6, 6.07) is 23.3. The van der Waals surface area contributed by atoms with Crippen LogP contribution in [0.4, 0.5) is 5.69 Å². The lowest BCUT2D eigenvalue weighted by Gasteiger charge is -2.14. The summed E-state index contributed by atoms with van der Waals surface area (Å²) in [5.74, 6) is 0.578. The number of nitrogens with one attached hydrogen (secondary N) is 1. The first-order chi connectivity index (χ1) is 16.0. The van der Waals surface area contributed by atoms with E-state index in [-0.39, 0.29) is 11.6 Å². The predicted octanol–water partition coefficient (Wildman–Crippen LogP) is 4.95. The molecule has 0 saturated heterocycles. The molecule has 0 aliphatic rings. The smallest absolute Gasteiger partial charge is 0.270 e. The topological polar surface area (TPSA) is 90.1 Å². The normalized spacial score (nSPS) is 11.2. The summed E-state index contributed by atoms with van der Waals surface area (Å²) in [5.41, 5.74) is 3.58. The van der Waals surface area contributed by atoms with Gasteiger partial charge in [-0.2, -0.15) is 0 Å². The molecule has 33 heavy (non-hydrogen) atoms. The Balaban J connectivity index is 1.64. The Hall–Kier alpha value is -4.52. The van der Waals surface area contributed by atoms with Gasteiger partial charge in [0.1, 0.15) is 5.82 Å². The lowest BCUT2D eigenvalue weighted by Crippen LogP contribution is -2.24. The molecule has 0 radical (unpaired) electrons. The third kappa shape index (κ3) is 5.04. The van der Waals surface area contributed by atoms with Gasteiger partial charge in [0.25, 0.3) is 11.6 Å². The second-order valence-corrected chi connectivity index (χ2v) is 7.43. The van der Waals surface area contributed by atoms with E-state index in [0.717, 1.165) is 22.6 Å². The number of aryl methyl sites for hydroxylation is 1. The molecule has 164 valence electrons. The van der Waals surface area contributed by atoms with Gasteiger partial charge in [-0.25, -0.2) is 4.98 Å². The van der Waals surface area contributed by atoms with Crippen molar-refractivity contribution in [1.29, 1.82) is 0 Å². The SMILES string of the molecule is Cc1nccn1-c1ccccc1CNC(=O)/C(=C/c1cccc([N+](=O)[O-])c1)c1ccccc1. The van der Waals surface area contributed by atoms with Crippen LogP contribution in [0.15, 0.2) is 91.3 Å². The first-order valence-electron chi connectivity index (χ1n) is 10.4. The number of carbonyl (C=O) groups is 1. The monoisotopic (exact) mass is 438 g/mol. The number of para-hydroxylation sites is 1. The zero-order chi connectivity index (χ0) is 23.2. The van der Waals surface area contributed by atoms with Gasteiger partial charge in [-0.3, -0.25) is 14.9 Å². The van der Waals surface area contributed by atoms with Gasteiger partial charge in [-0.1, -0.05) is 60.7 Å². The Morgan fingerprint density at radius 3 is 2.55 bits per heavy atom. The average molecular weight is 438 g/mol. The molecule has 0 aliphatic heterocycles. The molecule has 0 bridgehead atoms. The number of nitro groups is 1. The number of rotatable bonds is 7. The first kappa shape index (κ1) is 21.7. The fourth-order valence-corrected chi connectivity index (χ4v) is 3.59. The van der Waals surface area contributed by atoms with Gasteiger partial charge in [-0.15, -0.1) is 0 Å². The van der Waals surface area contributed by atoms with E-state index in [1.54, 1.807) is 24.4 Å². The van der Waals surface area contributed by atoms with E-state index in [1.165, 1.54) is 12.1 Å². The third-order valence-corrected chi connectivity index (χ3v) is 5.24. The van der Waals surface area contributed by atoms with Gasteiger partial charge in [0, 0.05) is 36.6 Å². The number of benzene rings is 3. The fraction of sp³-hybridized carbons (Fsp3) is 0.0769. The molecular formula is C26H22N4O3. The number of carbonyl (C=O) groups excluding carboxylic acids is 1. The summed E-state index contributed by atoms with van der Waals surface area (Å²) in [7, 11) is 0. The molecule has 1 aromatic heterocycles. The maximum atomic E-state index is 13.3. The van der Waals surface area contributed by atoms with Crippen LogP contribution in [0.2, 0.25) is 0 Å². The molecule has 0 aliphatic carbocycles. The van der Waals surface area contributed by atoms with Crippen molar-refractivity contribution in [2.45, 2.75) is 13.5 Å². The number of amides is 1. The lowest BCUT2D eigenvalue weighted by molar-refractivity contribution is -0.384. The highest BCUT2D eigenvalue weighted by atomic mass is 16.6. The summed E-state index contributed by atoms with van der Waals surface area (Å²) in [6.45, 7) is 2.23. The van der Waals surface area contributed by atoms with E-state index in [9.17, 15) is 14.9 Å². The molecule has 4 rings (SSSR count). The summed E-state index contributed by atoms with van der Waals surface area (Å²) >= 11 is 0. The van der Waals surface area contributed by atoms with Crippen molar-refractivity contribution in [1.82, 2.24) is 14.9 Å². The quantitative estimate of drug-likeness (QED) is 0.191. The van der Waals surface area contributed by atoms with Gasteiger partial charge in [-0.05, 0) is 35.8 Å². The highest BCUT2D eigenvalue weighted by Gasteiger charge is 2.14. The molecule has 1 N–H and O–H groups in total. The van der Waals surface area contributed by atoms with Crippen molar-refractivity contribution in [2.24, 2.45) is 0 Å². The Morgan fingerprint density at radius 1 is 1.06 bits per heavy atom. The summed E-state index contributed by atoms with van der Waals surface area (Å²) in [5, 5.41) is 14.2. The number of non-ortho nitro benzene ring substituents is 1. The van der Waals surface area contributed by atoms with Crippen LogP contribution in [0.3, 0.4) is 0 Å². The highest BCUT2D eigenvalue weighted by molar-refractivity contribution is 6.24. The van der Waals surface area contributed by atoms with E-state index in [4.69, 9.17) is 0 Å². The van der Waals surface area contributed by atoms with E-state index in [1.807, 2.05) is 72.3 Å². The van der Waals surface area contributed by atoms with Gasteiger partial charge >= 0.3 is 0 Å². The molecule has 4 aromatic rings. The van der Waals surface area contributed by atoms with E-state index >= 15 is 0 Å². The first-order valence-corrected chi connectivity index (χ1v) is 10.4. The molecule has 0 unspecified atom stereocenters. The number of hydrogen-bond donors (Lipinski definition) is 1. The Bertz CT molecular complexity index is 1330. The molecule has 7 nitrogen and oxygen atoms in total. The minimum atomic E-state index is -0.450. The maximum absolute atomic E-state index is 13.3. The minimum Gasteiger partial charge on any atom is -0.348 e. The second-order valence-electron chi connectivity index (χ2n) is 7.43. The maximum Gasteiger partial charge on any atom is 0.270 e. The van der Waals surface area contributed by atoms with E-state index < -0.39 is 4.92 Å². The van der Waals surface area contributed by atoms with Crippen molar-refractivity contribution < 1.29 is 9.72 Å².